The number of benzene rings is 3. The van der Waals surface area contributed by atoms with Crippen molar-refractivity contribution in [2.24, 2.45) is 0 Å². The number of hydroxylamine groups is 1. The zero-order valence-corrected chi connectivity index (χ0v) is 27.8. The molecule has 0 aromatic heterocycles. The lowest BCUT2D eigenvalue weighted by molar-refractivity contribution is -0.253. The molecular weight excluding hydrogens is 608 g/mol. The monoisotopic (exact) mass is 658 g/mol. The van der Waals surface area contributed by atoms with Gasteiger partial charge in [0.25, 0.3) is 0 Å². The maximum atomic E-state index is 12.4. The minimum absolute atomic E-state index is 0.00209. The fourth-order valence-corrected chi connectivity index (χ4v) is 6.35. The van der Waals surface area contributed by atoms with Crippen molar-refractivity contribution in [2.45, 2.75) is 83.1 Å². The van der Waals surface area contributed by atoms with Crippen LogP contribution in [0.4, 0.5) is 0 Å². The number of nitrogens with zero attached hydrogens (tertiary/aromatic N) is 2. The van der Waals surface area contributed by atoms with E-state index in [4.69, 9.17) is 14.7 Å². The SMILES string of the molecule is O=C(CCCCCCC(=O)NCc1ccc(C2OC(CN3CCN(Cc4ccccc4)CC3)CC(c3ccc(CO)cc3)O2)cc1)NO. The van der Waals surface area contributed by atoms with Crippen LogP contribution in [-0.2, 0) is 38.8 Å². The Morgan fingerprint density at radius 3 is 2.00 bits per heavy atom. The quantitative estimate of drug-likeness (QED) is 0.0964. The van der Waals surface area contributed by atoms with Gasteiger partial charge in [0.1, 0.15) is 0 Å². The van der Waals surface area contributed by atoms with Crippen molar-refractivity contribution < 1.29 is 29.4 Å². The zero-order chi connectivity index (χ0) is 33.6. The lowest BCUT2D eigenvalue weighted by Gasteiger charge is -2.40. The standard InChI is InChI=1S/C38H50N4O6/c43-28-31-14-16-32(17-15-31)35-24-34(27-42-22-20-41(21-23-42)26-30-8-4-3-5-9-30)47-38(48-35)33-18-12-29(13-19-33)25-39-36(44)10-6-1-2-7-11-37(45)40-46/h3-5,8-9,12-19,34-35,38,43,46H,1-2,6-7,10-11,20-28H2,(H,39,44)(H,40,45). The van der Waals surface area contributed by atoms with Crippen LogP contribution in [0.1, 0.15) is 85.2 Å². The average Bonchev–Trinajstić information content (AvgIpc) is 3.13. The van der Waals surface area contributed by atoms with E-state index in [-0.39, 0.29) is 30.6 Å². The summed E-state index contributed by atoms with van der Waals surface area (Å²) in [5.41, 5.74) is 6.88. The Kier molecular flexibility index (Phi) is 14.0. The number of piperazine rings is 1. The molecule has 0 aliphatic carbocycles. The minimum atomic E-state index is -0.516. The number of rotatable bonds is 16. The molecule has 2 heterocycles. The van der Waals surface area contributed by atoms with Crippen molar-refractivity contribution in [3.05, 3.63) is 107 Å². The Hall–Kier alpha value is -3.64. The van der Waals surface area contributed by atoms with Gasteiger partial charge < -0.3 is 19.9 Å². The van der Waals surface area contributed by atoms with Gasteiger partial charge in [-0.2, -0.15) is 0 Å². The average molecular weight is 659 g/mol. The molecule has 48 heavy (non-hydrogen) atoms. The van der Waals surface area contributed by atoms with E-state index in [9.17, 15) is 14.7 Å². The van der Waals surface area contributed by atoms with E-state index in [0.29, 0.717) is 25.8 Å². The molecule has 3 atom stereocenters. The van der Waals surface area contributed by atoms with Crippen molar-refractivity contribution >= 4 is 11.8 Å². The normalized spacial score (nSPS) is 20.3. The van der Waals surface area contributed by atoms with Gasteiger partial charge in [-0.05, 0) is 35.1 Å². The van der Waals surface area contributed by atoms with E-state index in [1.54, 1.807) is 5.48 Å². The molecule has 2 saturated heterocycles. The van der Waals surface area contributed by atoms with Crippen molar-refractivity contribution in [3.63, 3.8) is 0 Å². The Balaban J connectivity index is 1.13. The highest BCUT2D eigenvalue weighted by atomic mass is 16.7. The number of unbranched alkanes of at least 4 members (excludes halogenated alkanes) is 3. The van der Waals surface area contributed by atoms with Gasteiger partial charge in [0, 0.05) is 70.6 Å². The second-order valence-electron chi connectivity index (χ2n) is 12.9. The van der Waals surface area contributed by atoms with Crippen molar-refractivity contribution in [3.8, 4) is 0 Å². The molecule has 10 heteroatoms. The van der Waals surface area contributed by atoms with Gasteiger partial charge in [-0.25, -0.2) is 5.48 Å². The van der Waals surface area contributed by atoms with Gasteiger partial charge in [-0.1, -0.05) is 91.7 Å². The van der Waals surface area contributed by atoms with Crippen molar-refractivity contribution in [1.29, 1.82) is 0 Å². The summed E-state index contributed by atoms with van der Waals surface area (Å²) in [7, 11) is 0. The summed E-state index contributed by atoms with van der Waals surface area (Å²) in [5, 5.41) is 21.1. The molecule has 258 valence electrons. The third-order valence-corrected chi connectivity index (χ3v) is 9.21. The van der Waals surface area contributed by atoms with Gasteiger partial charge in [-0.15, -0.1) is 0 Å². The number of carbonyl (C=O) groups is 2. The topological polar surface area (TPSA) is 124 Å². The molecule has 4 N–H and O–H groups in total. The Labute approximate surface area is 284 Å². The molecular formula is C38H50N4O6. The van der Waals surface area contributed by atoms with Gasteiger partial charge in [0.2, 0.25) is 11.8 Å². The third kappa shape index (κ3) is 11.2. The fraction of sp³-hybridized carbons (Fsp3) is 0.474. The summed E-state index contributed by atoms with van der Waals surface area (Å²) in [6, 6.07) is 26.7. The van der Waals surface area contributed by atoms with Gasteiger partial charge >= 0.3 is 0 Å². The number of ether oxygens (including phenoxy) is 2. The van der Waals surface area contributed by atoms with Crippen LogP contribution in [0.5, 0.6) is 0 Å². The third-order valence-electron chi connectivity index (χ3n) is 9.21. The maximum absolute atomic E-state index is 12.4. The summed E-state index contributed by atoms with van der Waals surface area (Å²) in [4.78, 5) is 28.4. The van der Waals surface area contributed by atoms with E-state index < -0.39 is 6.29 Å². The summed E-state index contributed by atoms with van der Waals surface area (Å²) in [6.07, 6.45) is 3.99. The van der Waals surface area contributed by atoms with Crippen LogP contribution in [0.2, 0.25) is 0 Å². The molecule has 2 amide bonds. The predicted molar refractivity (Wildman–Crippen MR) is 183 cm³/mol. The molecule has 0 radical (unpaired) electrons. The van der Waals surface area contributed by atoms with Crippen LogP contribution in [0, 0.1) is 0 Å². The van der Waals surface area contributed by atoms with Crippen LogP contribution < -0.4 is 10.8 Å². The van der Waals surface area contributed by atoms with E-state index in [1.807, 2.05) is 48.5 Å². The van der Waals surface area contributed by atoms with E-state index in [1.165, 1.54) is 5.56 Å². The Morgan fingerprint density at radius 2 is 1.33 bits per heavy atom. The molecule has 2 fully saturated rings. The largest absolute Gasteiger partial charge is 0.392 e. The molecule has 10 nitrogen and oxygen atoms in total. The highest BCUT2D eigenvalue weighted by Crippen LogP contribution is 2.38. The fourth-order valence-electron chi connectivity index (χ4n) is 6.35. The molecule has 2 aliphatic heterocycles. The van der Waals surface area contributed by atoms with Crippen LogP contribution in [0.15, 0.2) is 78.9 Å². The second kappa shape index (κ2) is 18.8. The number of carbonyl (C=O) groups excluding carboxylic acids is 2. The zero-order valence-electron chi connectivity index (χ0n) is 27.8. The first-order valence-corrected chi connectivity index (χ1v) is 17.3. The molecule has 0 bridgehead atoms. The Morgan fingerprint density at radius 1 is 0.708 bits per heavy atom. The Bertz CT molecular complexity index is 1400. The number of hydrogen-bond acceptors (Lipinski definition) is 8. The molecule has 0 spiro atoms. The minimum Gasteiger partial charge on any atom is -0.392 e. The number of amides is 2. The number of aliphatic hydroxyl groups is 1. The first-order chi connectivity index (χ1) is 23.5. The molecule has 3 aromatic rings. The summed E-state index contributed by atoms with van der Waals surface area (Å²) >= 11 is 0. The maximum Gasteiger partial charge on any atom is 0.243 e. The van der Waals surface area contributed by atoms with E-state index >= 15 is 0 Å². The molecule has 3 unspecified atom stereocenters. The lowest BCUT2D eigenvalue weighted by Crippen LogP contribution is -2.49. The summed E-state index contributed by atoms with van der Waals surface area (Å²) in [5.74, 6) is -0.373. The number of hydrogen-bond donors (Lipinski definition) is 4. The molecule has 2 aliphatic rings. The number of nitrogens with one attached hydrogen (secondary N) is 2. The first kappa shape index (κ1) is 35.7. The van der Waals surface area contributed by atoms with E-state index in [0.717, 1.165) is 87.2 Å². The molecule has 3 aromatic carbocycles. The van der Waals surface area contributed by atoms with Crippen LogP contribution in [0.25, 0.3) is 0 Å². The number of aliphatic hydroxyl groups excluding tert-OH is 1. The molecule has 0 saturated carbocycles. The highest BCUT2D eigenvalue weighted by molar-refractivity contribution is 5.75. The summed E-state index contributed by atoms with van der Waals surface area (Å²) < 4.78 is 13.2. The van der Waals surface area contributed by atoms with Crippen LogP contribution in [0.3, 0.4) is 0 Å². The first-order valence-electron chi connectivity index (χ1n) is 17.3. The lowest BCUT2D eigenvalue weighted by atomic mass is 9.99. The van der Waals surface area contributed by atoms with Crippen LogP contribution >= 0.6 is 0 Å². The van der Waals surface area contributed by atoms with Gasteiger partial charge in [-0.3, -0.25) is 24.6 Å². The second-order valence-corrected chi connectivity index (χ2v) is 12.9. The van der Waals surface area contributed by atoms with Gasteiger partial charge in [0.15, 0.2) is 6.29 Å². The van der Waals surface area contributed by atoms with Gasteiger partial charge in [0.05, 0.1) is 18.8 Å². The smallest absolute Gasteiger partial charge is 0.243 e. The predicted octanol–water partition coefficient (Wildman–Crippen LogP) is 5.00. The van der Waals surface area contributed by atoms with Crippen LogP contribution in [-0.4, -0.2) is 70.8 Å². The van der Waals surface area contributed by atoms with E-state index in [2.05, 4.69) is 45.4 Å². The van der Waals surface area contributed by atoms with Crippen molar-refractivity contribution in [1.82, 2.24) is 20.6 Å². The molecule has 5 rings (SSSR count). The highest BCUT2D eigenvalue weighted by Gasteiger charge is 2.33. The summed E-state index contributed by atoms with van der Waals surface area (Å²) in [6.45, 7) is 6.32. The van der Waals surface area contributed by atoms with Crippen molar-refractivity contribution in [2.75, 3.05) is 32.7 Å².